The van der Waals surface area contributed by atoms with Crippen molar-refractivity contribution in [2.75, 3.05) is 7.11 Å². The van der Waals surface area contributed by atoms with E-state index in [1.165, 1.54) is 29.2 Å². The monoisotopic (exact) mass is 431 g/mol. The van der Waals surface area contributed by atoms with Crippen molar-refractivity contribution in [1.29, 1.82) is 0 Å². The molecule has 1 aliphatic rings. The van der Waals surface area contributed by atoms with Crippen LogP contribution >= 0.6 is 0 Å². The van der Waals surface area contributed by atoms with Gasteiger partial charge in [0.1, 0.15) is 22.9 Å². The topological polar surface area (TPSA) is 80.0 Å². The van der Waals surface area contributed by atoms with Gasteiger partial charge < -0.3 is 19.2 Å². The molecule has 7 heteroatoms. The van der Waals surface area contributed by atoms with E-state index in [0.717, 1.165) is 11.6 Å². The van der Waals surface area contributed by atoms with Gasteiger partial charge in [-0.15, -0.1) is 0 Å². The van der Waals surface area contributed by atoms with Crippen molar-refractivity contribution in [3.63, 3.8) is 0 Å². The second-order valence-electron chi connectivity index (χ2n) is 7.59. The molecule has 3 aromatic carbocycles. The van der Waals surface area contributed by atoms with Crippen LogP contribution in [0, 0.1) is 5.82 Å². The summed E-state index contributed by atoms with van der Waals surface area (Å²) in [6.45, 7) is 0.192. The molecular weight excluding hydrogens is 413 g/mol. The van der Waals surface area contributed by atoms with E-state index in [2.05, 4.69) is 0 Å². The molecule has 6 nitrogen and oxygen atoms in total. The van der Waals surface area contributed by atoms with Crippen molar-refractivity contribution >= 4 is 16.9 Å². The summed E-state index contributed by atoms with van der Waals surface area (Å²) < 4.78 is 24.8. The highest BCUT2D eigenvalue weighted by molar-refractivity contribution is 5.99. The zero-order valence-corrected chi connectivity index (χ0v) is 17.0. The molecule has 0 bridgehead atoms. The molecule has 0 saturated heterocycles. The van der Waals surface area contributed by atoms with Crippen molar-refractivity contribution in [2.45, 2.75) is 12.6 Å². The maximum Gasteiger partial charge on any atom is 0.291 e. The number of benzene rings is 3. The fourth-order valence-corrected chi connectivity index (χ4v) is 4.12. The van der Waals surface area contributed by atoms with E-state index < -0.39 is 23.2 Å². The van der Waals surface area contributed by atoms with Crippen LogP contribution in [0.5, 0.6) is 11.5 Å². The number of amides is 1. The van der Waals surface area contributed by atoms with Gasteiger partial charge in [-0.25, -0.2) is 4.39 Å². The maximum atomic E-state index is 13.8. The van der Waals surface area contributed by atoms with Crippen LogP contribution < -0.4 is 10.2 Å². The third kappa shape index (κ3) is 3.19. The van der Waals surface area contributed by atoms with E-state index >= 15 is 0 Å². The number of carbonyl (C=O) groups excluding carboxylic acids is 1. The molecule has 5 rings (SSSR count). The summed E-state index contributed by atoms with van der Waals surface area (Å²) >= 11 is 0. The highest BCUT2D eigenvalue weighted by Crippen LogP contribution is 2.40. The van der Waals surface area contributed by atoms with Gasteiger partial charge in [0.2, 0.25) is 5.76 Å². The lowest BCUT2D eigenvalue weighted by Gasteiger charge is -2.25. The van der Waals surface area contributed by atoms with Crippen LogP contribution in [0.3, 0.4) is 0 Å². The second kappa shape index (κ2) is 7.53. The largest absolute Gasteiger partial charge is 0.508 e. The Morgan fingerprint density at radius 2 is 1.84 bits per heavy atom. The molecule has 2 heterocycles. The molecule has 1 N–H and O–H groups in total. The van der Waals surface area contributed by atoms with Gasteiger partial charge >= 0.3 is 0 Å². The Morgan fingerprint density at radius 1 is 1.06 bits per heavy atom. The smallest absolute Gasteiger partial charge is 0.291 e. The third-order valence-corrected chi connectivity index (χ3v) is 5.63. The fraction of sp³-hybridized carbons (Fsp3) is 0.120. The van der Waals surface area contributed by atoms with Gasteiger partial charge in [0.05, 0.1) is 24.1 Å². The molecule has 4 aromatic rings. The summed E-state index contributed by atoms with van der Waals surface area (Å²) in [6, 6.07) is 16.4. The van der Waals surface area contributed by atoms with Crippen LogP contribution in [0.1, 0.15) is 33.3 Å². The van der Waals surface area contributed by atoms with Crippen molar-refractivity contribution in [2.24, 2.45) is 0 Å². The van der Waals surface area contributed by atoms with Crippen molar-refractivity contribution < 1.29 is 23.4 Å². The second-order valence-corrected chi connectivity index (χ2v) is 7.59. The number of fused-ring (bicyclic) bond motifs is 2. The lowest BCUT2D eigenvalue weighted by Crippen LogP contribution is -2.29. The van der Waals surface area contributed by atoms with Crippen LogP contribution in [0.4, 0.5) is 4.39 Å². The molecule has 1 aliphatic heterocycles. The number of aromatic hydroxyl groups is 1. The molecule has 1 amide bonds. The Hall–Kier alpha value is -4.13. The Bertz CT molecular complexity index is 1410. The van der Waals surface area contributed by atoms with Gasteiger partial charge in [0.25, 0.3) is 5.91 Å². The summed E-state index contributed by atoms with van der Waals surface area (Å²) in [5.74, 6) is -0.412. The van der Waals surface area contributed by atoms with E-state index in [9.17, 15) is 19.1 Å². The van der Waals surface area contributed by atoms with E-state index in [1.54, 1.807) is 31.4 Å². The lowest BCUT2D eigenvalue weighted by molar-refractivity contribution is 0.0714. The molecular formula is C25H18FNO5. The number of carbonyl (C=O) groups is 1. The normalized spacial score (nSPS) is 15.2. The Labute approximate surface area is 182 Å². The molecule has 0 aliphatic carbocycles. The van der Waals surface area contributed by atoms with Crippen LogP contribution in [0.2, 0.25) is 0 Å². The number of ether oxygens (including phenoxy) is 1. The molecule has 0 saturated carbocycles. The third-order valence-electron chi connectivity index (χ3n) is 5.63. The van der Waals surface area contributed by atoms with Gasteiger partial charge in [-0.2, -0.15) is 0 Å². The van der Waals surface area contributed by atoms with Gasteiger partial charge in [0, 0.05) is 6.54 Å². The number of halogens is 1. The number of phenols is 1. The number of nitrogens with zero attached hydrogens (tertiary/aromatic N) is 1. The van der Waals surface area contributed by atoms with Crippen LogP contribution in [-0.2, 0) is 6.54 Å². The summed E-state index contributed by atoms with van der Waals surface area (Å²) in [7, 11) is 1.57. The van der Waals surface area contributed by atoms with Gasteiger partial charge in [0.15, 0.2) is 5.43 Å². The van der Waals surface area contributed by atoms with E-state index in [-0.39, 0.29) is 34.6 Å². The minimum absolute atomic E-state index is 0.00372. The van der Waals surface area contributed by atoms with E-state index in [0.29, 0.717) is 11.3 Å². The van der Waals surface area contributed by atoms with Gasteiger partial charge in [-0.3, -0.25) is 9.59 Å². The van der Waals surface area contributed by atoms with Gasteiger partial charge in [-0.05, 0) is 53.6 Å². The van der Waals surface area contributed by atoms with Crippen LogP contribution in [-0.4, -0.2) is 23.0 Å². The molecule has 0 fully saturated rings. The first-order valence-corrected chi connectivity index (χ1v) is 9.95. The predicted molar refractivity (Wildman–Crippen MR) is 115 cm³/mol. The molecule has 1 aromatic heterocycles. The molecule has 1 unspecified atom stereocenters. The first kappa shape index (κ1) is 19.8. The predicted octanol–water partition coefficient (Wildman–Crippen LogP) is 4.39. The van der Waals surface area contributed by atoms with E-state index in [1.807, 2.05) is 12.1 Å². The highest BCUT2D eigenvalue weighted by Gasteiger charge is 2.42. The Kier molecular flexibility index (Phi) is 4.66. The quantitative estimate of drug-likeness (QED) is 0.518. The standard InChI is InChI=1S/C25H18FNO5/c1-31-18-8-5-14(6-9-18)13-27-22(15-3-2-4-17(28)11-15)21-23(29)19-12-16(26)7-10-20(19)32-24(21)25(27)30/h2-12,22,28H,13H2,1H3. The van der Waals surface area contributed by atoms with E-state index in [4.69, 9.17) is 9.15 Å². The average molecular weight is 431 g/mol. The average Bonchev–Trinajstić information content (AvgIpc) is 3.07. The zero-order valence-electron chi connectivity index (χ0n) is 17.0. The molecule has 160 valence electrons. The highest BCUT2D eigenvalue weighted by atomic mass is 19.1. The van der Waals surface area contributed by atoms with Crippen molar-refractivity contribution in [3.05, 3.63) is 105 Å². The fourth-order valence-electron chi connectivity index (χ4n) is 4.12. The minimum atomic E-state index is -0.796. The number of phenolic OH excluding ortho intramolecular Hbond substituents is 1. The summed E-state index contributed by atoms with van der Waals surface area (Å²) in [5, 5.41) is 10.1. The molecule has 32 heavy (non-hydrogen) atoms. The Morgan fingerprint density at radius 3 is 2.56 bits per heavy atom. The number of hydrogen-bond acceptors (Lipinski definition) is 5. The Balaban J connectivity index is 1.70. The summed E-state index contributed by atoms with van der Waals surface area (Å²) in [4.78, 5) is 28.3. The molecule has 1 atom stereocenters. The summed E-state index contributed by atoms with van der Waals surface area (Å²) in [5.41, 5.74) is 1.17. The van der Waals surface area contributed by atoms with Crippen molar-refractivity contribution in [3.8, 4) is 11.5 Å². The molecule has 0 spiro atoms. The number of rotatable bonds is 4. The van der Waals surface area contributed by atoms with Crippen LogP contribution in [0.25, 0.3) is 11.0 Å². The SMILES string of the molecule is COc1ccc(CN2C(=O)c3oc4ccc(F)cc4c(=O)c3C2c2cccc(O)c2)cc1. The molecule has 0 radical (unpaired) electrons. The van der Waals surface area contributed by atoms with Gasteiger partial charge in [-0.1, -0.05) is 24.3 Å². The lowest BCUT2D eigenvalue weighted by atomic mass is 9.98. The number of hydrogen-bond donors (Lipinski definition) is 1. The van der Waals surface area contributed by atoms with Crippen LogP contribution in [0.15, 0.2) is 75.9 Å². The zero-order chi connectivity index (χ0) is 22.4. The first-order valence-electron chi connectivity index (χ1n) is 9.95. The number of methoxy groups -OCH3 is 1. The maximum absolute atomic E-state index is 13.8. The minimum Gasteiger partial charge on any atom is -0.508 e. The van der Waals surface area contributed by atoms with Crippen molar-refractivity contribution in [1.82, 2.24) is 4.90 Å². The first-order chi connectivity index (χ1) is 15.5. The summed E-state index contributed by atoms with van der Waals surface area (Å²) in [6.07, 6.45) is 0.